The van der Waals surface area contributed by atoms with Gasteiger partial charge in [-0.2, -0.15) is 0 Å². The topological polar surface area (TPSA) is 237 Å². The van der Waals surface area contributed by atoms with Gasteiger partial charge in [-0.25, -0.2) is 9.13 Å². The van der Waals surface area contributed by atoms with E-state index in [2.05, 4.69) is 55.4 Å². The lowest BCUT2D eigenvalue weighted by Crippen LogP contribution is -2.30. The summed E-state index contributed by atoms with van der Waals surface area (Å²) in [5.74, 6) is 1.05. The first-order valence-corrected chi connectivity index (χ1v) is 45.3. The van der Waals surface area contributed by atoms with Gasteiger partial charge in [0.05, 0.1) is 26.4 Å². The first-order chi connectivity index (χ1) is 48.7. The van der Waals surface area contributed by atoms with E-state index >= 15 is 0 Å². The minimum absolute atomic E-state index is 0.104. The Bertz CT molecular complexity index is 1980. The van der Waals surface area contributed by atoms with Crippen molar-refractivity contribution in [3.63, 3.8) is 0 Å². The Morgan fingerprint density at radius 1 is 0.277 bits per heavy atom. The van der Waals surface area contributed by atoms with Crippen molar-refractivity contribution in [3.05, 3.63) is 0 Å². The van der Waals surface area contributed by atoms with Crippen LogP contribution >= 0.6 is 15.6 Å². The number of phosphoric acid groups is 2. The molecule has 3 N–H and O–H groups in total. The molecule has 600 valence electrons. The van der Waals surface area contributed by atoms with Crippen molar-refractivity contribution < 1.29 is 80.2 Å². The summed E-state index contributed by atoms with van der Waals surface area (Å²) in [6.45, 7) is 14.3. The summed E-state index contributed by atoms with van der Waals surface area (Å²) in [5.41, 5.74) is 0. The number of hydrogen-bond donors (Lipinski definition) is 3. The Morgan fingerprint density at radius 3 is 0.703 bits per heavy atom. The van der Waals surface area contributed by atoms with Gasteiger partial charge in [-0.3, -0.25) is 37.3 Å². The quantitative estimate of drug-likeness (QED) is 0.0222. The van der Waals surface area contributed by atoms with E-state index in [0.717, 1.165) is 114 Å². The third-order valence-electron chi connectivity index (χ3n) is 20.2. The van der Waals surface area contributed by atoms with Crippen LogP contribution in [0.2, 0.25) is 0 Å². The molecule has 0 heterocycles. The maximum Gasteiger partial charge on any atom is 0.472 e. The van der Waals surface area contributed by atoms with Gasteiger partial charge < -0.3 is 33.8 Å². The molecule has 0 aliphatic heterocycles. The largest absolute Gasteiger partial charge is 0.472 e. The van der Waals surface area contributed by atoms with Crippen LogP contribution in [0.4, 0.5) is 0 Å². The highest BCUT2D eigenvalue weighted by atomic mass is 31.2. The molecule has 0 spiro atoms. The number of ether oxygens (including phenoxy) is 4. The Kier molecular flexibility index (Phi) is 69.6. The molecule has 0 aromatic carbocycles. The van der Waals surface area contributed by atoms with E-state index in [0.29, 0.717) is 31.6 Å². The predicted molar refractivity (Wildman–Crippen MR) is 414 cm³/mol. The highest BCUT2D eigenvalue weighted by Crippen LogP contribution is 2.45. The van der Waals surface area contributed by atoms with Crippen LogP contribution in [0.1, 0.15) is 421 Å². The molecule has 8 atom stereocenters. The second-order valence-corrected chi connectivity index (χ2v) is 33.6. The van der Waals surface area contributed by atoms with Gasteiger partial charge in [0.15, 0.2) is 12.2 Å². The first-order valence-electron chi connectivity index (χ1n) is 42.3. The monoisotopic (exact) mass is 1480 g/mol. The summed E-state index contributed by atoms with van der Waals surface area (Å²) in [6.07, 6.45) is 58.4. The van der Waals surface area contributed by atoms with E-state index in [1.165, 1.54) is 218 Å². The molecule has 5 unspecified atom stereocenters. The molecule has 17 nitrogen and oxygen atoms in total. The molecule has 0 aliphatic carbocycles. The molecular weight excluding hydrogens is 1320 g/mol. The van der Waals surface area contributed by atoms with Crippen LogP contribution in [0.25, 0.3) is 0 Å². The summed E-state index contributed by atoms with van der Waals surface area (Å²) in [4.78, 5) is 73.0. The average molecular weight is 1480 g/mol. The maximum absolute atomic E-state index is 13.1. The lowest BCUT2D eigenvalue weighted by Gasteiger charge is -2.21. The van der Waals surface area contributed by atoms with E-state index < -0.39 is 97.5 Å². The van der Waals surface area contributed by atoms with Crippen molar-refractivity contribution in [1.29, 1.82) is 0 Å². The number of esters is 4. The number of aliphatic hydroxyl groups excluding tert-OH is 1. The summed E-state index contributed by atoms with van der Waals surface area (Å²) in [6, 6.07) is 0. The van der Waals surface area contributed by atoms with E-state index in [-0.39, 0.29) is 25.7 Å². The molecule has 0 rings (SSSR count). The third-order valence-corrected chi connectivity index (χ3v) is 22.1. The van der Waals surface area contributed by atoms with Gasteiger partial charge in [0.25, 0.3) is 0 Å². The molecule has 0 radical (unpaired) electrons. The van der Waals surface area contributed by atoms with Gasteiger partial charge in [-0.1, -0.05) is 370 Å². The fourth-order valence-corrected chi connectivity index (χ4v) is 14.1. The molecule has 0 aromatic rings. The first kappa shape index (κ1) is 99.1. The van der Waals surface area contributed by atoms with Crippen molar-refractivity contribution in [3.8, 4) is 0 Å². The fraction of sp³-hybridized carbons (Fsp3) is 0.951. The van der Waals surface area contributed by atoms with E-state index in [9.17, 15) is 43.2 Å². The second kappa shape index (κ2) is 71.0. The van der Waals surface area contributed by atoms with Gasteiger partial charge in [0, 0.05) is 25.7 Å². The molecular formula is C82H160O17P2. The van der Waals surface area contributed by atoms with Crippen LogP contribution in [0, 0.1) is 23.7 Å². The molecule has 0 amide bonds. The predicted octanol–water partition coefficient (Wildman–Crippen LogP) is 24.4. The molecule has 0 fully saturated rings. The Balaban J connectivity index is 5.20. The Hall–Kier alpha value is -1.94. The summed E-state index contributed by atoms with van der Waals surface area (Å²) < 4.78 is 68.7. The van der Waals surface area contributed by atoms with Crippen LogP contribution in [0.5, 0.6) is 0 Å². The minimum atomic E-state index is -4.96. The number of hydrogen-bond acceptors (Lipinski definition) is 15. The van der Waals surface area contributed by atoms with Gasteiger partial charge in [-0.05, 0) is 49.4 Å². The fourth-order valence-electron chi connectivity index (χ4n) is 12.5. The second-order valence-electron chi connectivity index (χ2n) is 30.7. The standard InChI is InChI=1S/C82H160O17P2/c1-9-73(6)59-51-43-34-28-24-20-16-14-12-13-15-17-22-26-30-37-46-54-62-79(84)92-68-77(98-81(86)64-56-48-38-31-27-23-19-18-21-25-29-35-44-52-60-74(7)10-2)70-96-100(88,89)94-66-76(83)67-95-101(90,91)97-71-78(69-93-80(85)63-55-47-41-40-42-50-58-72(4)5)99-82(87)65-57-49-39-33-32-36-45-53-61-75(8)11-3/h72-78,83H,9-71H2,1-8H3,(H,88,89)(H,90,91)/t73?,74?,75?,76-,77-,78-/m1/s1. The maximum atomic E-state index is 13.1. The van der Waals surface area contributed by atoms with Gasteiger partial charge in [0.1, 0.15) is 19.3 Å². The average Bonchev–Trinajstić information content (AvgIpc) is 2.08. The van der Waals surface area contributed by atoms with Crippen LogP contribution in [0.15, 0.2) is 0 Å². The van der Waals surface area contributed by atoms with Gasteiger partial charge in [-0.15, -0.1) is 0 Å². The molecule has 101 heavy (non-hydrogen) atoms. The minimum Gasteiger partial charge on any atom is -0.462 e. The van der Waals surface area contributed by atoms with Crippen molar-refractivity contribution in [2.45, 2.75) is 440 Å². The van der Waals surface area contributed by atoms with E-state index in [1.54, 1.807) is 0 Å². The molecule has 0 saturated heterocycles. The number of carbonyl (C=O) groups excluding carboxylic acids is 4. The van der Waals surface area contributed by atoms with E-state index in [4.69, 9.17) is 37.0 Å². The Morgan fingerprint density at radius 2 is 0.475 bits per heavy atom. The zero-order valence-electron chi connectivity index (χ0n) is 66.5. The van der Waals surface area contributed by atoms with Crippen molar-refractivity contribution in [1.82, 2.24) is 0 Å². The van der Waals surface area contributed by atoms with Crippen molar-refractivity contribution in [2.24, 2.45) is 23.7 Å². The van der Waals surface area contributed by atoms with Crippen LogP contribution in [0.3, 0.4) is 0 Å². The third kappa shape index (κ3) is 72.1. The lowest BCUT2D eigenvalue weighted by molar-refractivity contribution is -0.161. The normalized spacial score (nSPS) is 14.8. The number of carbonyl (C=O) groups is 4. The summed E-state index contributed by atoms with van der Waals surface area (Å²) >= 11 is 0. The van der Waals surface area contributed by atoms with Crippen LogP contribution < -0.4 is 0 Å². The van der Waals surface area contributed by atoms with E-state index in [1.807, 2.05) is 0 Å². The molecule has 0 aliphatic rings. The highest BCUT2D eigenvalue weighted by molar-refractivity contribution is 7.47. The van der Waals surface area contributed by atoms with Crippen molar-refractivity contribution >= 4 is 39.5 Å². The zero-order chi connectivity index (χ0) is 74.6. The molecule has 0 saturated carbocycles. The SMILES string of the molecule is CCC(C)CCCCCCCCCCCCCCCCCCCCC(=O)OC[C@H](COP(=O)(O)OC[C@@H](O)COP(=O)(O)OC[C@@H](COC(=O)CCCCCCCCC(C)C)OC(=O)CCCCCCCCCCC(C)CC)OC(=O)CCCCCCCCCCCCCCCCC(C)CC. The molecule has 0 bridgehead atoms. The highest BCUT2D eigenvalue weighted by Gasteiger charge is 2.30. The van der Waals surface area contributed by atoms with Crippen molar-refractivity contribution in [2.75, 3.05) is 39.6 Å². The van der Waals surface area contributed by atoms with Gasteiger partial charge in [0.2, 0.25) is 0 Å². The van der Waals surface area contributed by atoms with Crippen LogP contribution in [-0.4, -0.2) is 96.7 Å². The number of unbranched alkanes of at least 4 members (excludes halogenated alkanes) is 42. The van der Waals surface area contributed by atoms with Crippen LogP contribution in [-0.2, 0) is 65.4 Å². The Labute approximate surface area is 619 Å². The zero-order valence-corrected chi connectivity index (χ0v) is 68.3. The molecule has 19 heteroatoms. The molecule has 0 aromatic heterocycles. The number of rotatable bonds is 79. The summed E-state index contributed by atoms with van der Waals surface area (Å²) in [5, 5.41) is 10.6. The summed E-state index contributed by atoms with van der Waals surface area (Å²) in [7, 11) is -9.92. The number of phosphoric ester groups is 2. The van der Waals surface area contributed by atoms with Gasteiger partial charge >= 0.3 is 39.5 Å². The lowest BCUT2D eigenvalue weighted by atomic mass is 9.99. The smallest absolute Gasteiger partial charge is 0.462 e. The number of aliphatic hydroxyl groups is 1.